The summed E-state index contributed by atoms with van der Waals surface area (Å²) in [6.07, 6.45) is 2.26. The molecule has 1 aromatic carbocycles. The zero-order valence-corrected chi connectivity index (χ0v) is 10.8. The van der Waals surface area contributed by atoms with Crippen molar-refractivity contribution in [3.8, 4) is 5.69 Å². The van der Waals surface area contributed by atoms with E-state index in [0.717, 1.165) is 44.0 Å². The van der Waals surface area contributed by atoms with Crippen LogP contribution >= 0.6 is 0 Å². The van der Waals surface area contributed by atoms with Gasteiger partial charge in [-0.05, 0) is 41.9 Å². The van der Waals surface area contributed by atoms with Crippen molar-refractivity contribution >= 4 is 0 Å². The van der Waals surface area contributed by atoms with E-state index in [1.807, 2.05) is 30.3 Å². The van der Waals surface area contributed by atoms with E-state index in [0.29, 0.717) is 0 Å². The molecule has 2 aromatic rings. The highest BCUT2D eigenvalue weighted by molar-refractivity contribution is 5.30. The van der Waals surface area contributed by atoms with E-state index >= 15 is 0 Å². The van der Waals surface area contributed by atoms with Crippen molar-refractivity contribution in [3.63, 3.8) is 0 Å². The molecule has 2 N–H and O–H groups in total. The number of hydrogen-bond acceptors (Lipinski definition) is 5. The molecule has 1 aliphatic heterocycles. The maximum atomic E-state index is 6.00. The zero-order valence-electron chi connectivity index (χ0n) is 10.8. The summed E-state index contributed by atoms with van der Waals surface area (Å²) in [6.45, 7) is 2.73. The number of nitrogens with zero attached hydrogens (tertiary/aromatic N) is 5. The molecule has 1 aromatic heterocycles. The summed E-state index contributed by atoms with van der Waals surface area (Å²) in [7, 11) is 0. The molecule has 1 unspecified atom stereocenters. The lowest BCUT2D eigenvalue weighted by Gasteiger charge is -2.29. The molecule has 0 amide bonds. The van der Waals surface area contributed by atoms with Crippen LogP contribution in [0.3, 0.4) is 0 Å². The van der Waals surface area contributed by atoms with Crippen LogP contribution in [-0.4, -0.2) is 44.2 Å². The number of likely N-dealkylation sites (tertiary alicyclic amines) is 1. The van der Waals surface area contributed by atoms with E-state index in [9.17, 15) is 0 Å². The standard InChI is InChI=1S/C13H18N6/c14-11-5-4-8-18(9-11)10-13-15-16-17-19(13)12-6-2-1-3-7-12/h1-3,6-7,11H,4-5,8-10,14H2. The molecule has 19 heavy (non-hydrogen) atoms. The monoisotopic (exact) mass is 258 g/mol. The van der Waals surface area contributed by atoms with Gasteiger partial charge in [-0.15, -0.1) is 5.10 Å². The number of para-hydroxylation sites is 1. The first kappa shape index (κ1) is 12.3. The maximum absolute atomic E-state index is 6.00. The number of benzene rings is 1. The van der Waals surface area contributed by atoms with Crippen molar-refractivity contribution in [2.24, 2.45) is 5.73 Å². The van der Waals surface area contributed by atoms with Crippen LogP contribution < -0.4 is 5.73 Å². The molecular formula is C13H18N6. The summed E-state index contributed by atoms with van der Waals surface area (Å²) in [6, 6.07) is 10.2. The van der Waals surface area contributed by atoms with Crippen LogP contribution in [0.5, 0.6) is 0 Å². The number of hydrogen-bond donors (Lipinski definition) is 1. The summed E-state index contributed by atoms with van der Waals surface area (Å²) < 4.78 is 1.79. The third-order valence-electron chi connectivity index (χ3n) is 3.44. The SMILES string of the molecule is NC1CCCN(Cc2nnnn2-c2ccccc2)C1. The van der Waals surface area contributed by atoms with Crippen LogP contribution in [0.2, 0.25) is 0 Å². The first-order valence-corrected chi connectivity index (χ1v) is 6.63. The zero-order chi connectivity index (χ0) is 13.1. The Balaban J connectivity index is 1.77. The lowest BCUT2D eigenvalue weighted by atomic mass is 10.1. The Bertz CT molecular complexity index is 523. The van der Waals surface area contributed by atoms with Crippen molar-refractivity contribution in [2.75, 3.05) is 13.1 Å². The van der Waals surface area contributed by atoms with Crippen LogP contribution in [0, 0.1) is 0 Å². The van der Waals surface area contributed by atoms with E-state index < -0.39 is 0 Å². The highest BCUT2D eigenvalue weighted by Crippen LogP contribution is 2.13. The molecule has 0 aliphatic carbocycles. The van der Waals surface area contributed by atoms with Crippen molar-refractivity contribution in [1.82, 2.24) is 25.1 Å². The highest BCUT2D eigenvalue weighted by Gasteiger charge is 2.19. The van der Waals surface area contributed by atoms with Gasteiger partial charge in [0.1, 0.15) is 0 Å². The van der Waals surface area contributed by atoms with Crippen LogP contribution in [0.25, 0.3) is 5.69 Å². The van der Waals surface area contributed by atoms with E-state index in [4.69, 9.17) is 5.73 Å². The van der Waals surface area contributed by atoms with E-state index in [-0.39, 0.29) is 6.04 Å². The van der Waals surface area contributed by atoms with Gasteiger partial charge in [0.2, 0.25) is 0 Å². The topological polar surface area (TPSA) is 72.9 Å². The predicted molar refractivity (Wildman–Crippen MR) is 71.6 cm³/mol. The van der Waals surface area contributed by atoms with Crippen molar-refractivity contribution < 1.29 is 0 Å². The molecule has 100 valence electrons. The average molecular weight is 258 g/mol. The quantitative estimate of drug-likeness (QED) is 0.872. The predicted octanol–water partition coefficient (Wildman–Crippen LogP) is 0.585. The fourth-order valence-corrected chi connectivity index (χ4v) is 2.51. The average Bonchev–Trinajstić information content (AvgIpc) is 2.88. The molecule has 6 nitrogen and oxygen atoms in total. The summed E-state index contributed by atoms with van der Waals surface area (Å²) >= 11 is 0. The Morgan fingerprint density at radius 2 is 2.11 bits per heavy atom. The smallest absolute Gasteiger partial charge is 0.170 e. The molecule has 1 atom stereocenters. The molecular weight excluding hydrogens is 240 g/mol. The van der Waals surface area contributed by atoms with Gasteiger partial charge in [-0.2, -0.15) is 4.68 Å². The van der Waals surface area contributed by atoms with Crippen molar-refractivity contribution in [2.45, 2.75) is 25.4 Å². The molecule has 0 radical (unpaired) electrons. The largest absolute Gasteiger partial charge is 0.327 e. The van der Waals surface area contributed by atoms with Crippen LogP contribution in [-0.2, 0) is 6.54 Å². The molecule has 1 aliphatic rings. The number of tetrazole rings is 1. The maximum Gasteiger partial charge on any atom is 0.170 e. The molecule has 2 heterocycles. The minimum Gasteiger partial charge on any atom is -0.327 e. The molecule has 1 saturated heterocycles. The van der Waals surface area contributed by atoms with Gasteiger partial charge in [0.15, 0.2) is 5.82 Å². The minimum absolute atomic E-state index is 0.273. The third-order valence-corrected chi connectivity index (χ3v) is 3.44. The molecule has 6 heteroatoms. The summed E-state index contributed by atoms with van der Waals surface area (Å²) in [5.41, 5.74) is 6.99. The third kappa shape index (κ3) is 2.80. The van der Waals surface area contributed by atoms with E-state index in [1.54, 1.807) is 4.68 Å². The first-order valence-electron chi connectivity index (χ1n) is 6.63. The second kappa shape index (κ2) is 5.46. The van der Waals surface area contributed by atoms with Crippen molar-refractivity contribution in [1.29, 1.82) is 0 Å². The summed E-state index contributed by atoms with van der Waals surface area (Å²) in [5, 5.41) is 12.0. The van der Waals surface area contributed by atoms with Gasteiger partial charge in [-0.3, -0.25) is 4.90 Å². The Hall–Kier alpha value is -1.79. The van der Waals surface area contributed by atoms with Gasteiger partial charge in [-0.25, -0.2) is 0 Å². The fourth-order valence-electron chi connectivity index (χ4n) is 2.51. The second-order valence-electron chi connectivity index (χ2n) is 4.98. The van der Waals surface area contributed by atoms with Gasteiger partial charge < -0.3 is 5.73 Å². The molecule has 3 rings (SSSR count). The van der Waals surface area contributed by atoms with Crippen molar-refractivity contribution in [3.05, 3.63) is 36.2 Å². The Kier molecular flexibility index (Phi) is 3.52. The highest BCUT2D eigenvalue weighted by atomic mass is 15.5. The van der Waals surface area contributed by atoms with Gasteiger partial charge in [-0.1, -0.05) is 18.2 Å². The van der Waals surface area contributed by atoms with Gasteiger partial charge in [0.05, 0.1) is 12.2 Å². The fraction of sp³-hybridized carbons (Fsp3) is 0.462. The lowest BCUT2D eigenvalue weighted by molar-refractivity contribution is 0.196. The molecule has 0 saturated carbocycles. The Morgan fingerprint density at radius 1 is 1.26 bits per heavy atom. The second-order valence-corrected chi connectivity index (χ2v) is 4.98. The molecule has 0 spiro atoms. The van der Waals surface area contributed by atoms with Gasteiger partial charge in [0, 0.05) is 12.6 Å². The van der Waals surface area contributed by atoms with Crippen LogP contribution in [0.15, 0.2) is 30.3 Å². The Labute approximate surface area is 112 Å². The summed E-state index contributed by atoms with van der Waals surface area (Å²) in [5.74, 6) is 0.861. The van der Waals surface area contributed by atoms with Crippen LogP contribution in [0.1, 0.15) is 18.7 Å². The number of rotatable bonds is 3. The number of piperidine rings is 1. The van der Waals surface area contributed by atoms with Crippen LogP contribution in [0.4, 0.5) is 0 Å². The summed E-state index contributed by atoms with van der Waals surface area (Å²) in [4.78, 5) is 2.32. The van der Waals surface area contributed by atoms with E-state index in [1.165, 1.54) is 0 Å². The van der Waals surface area contributed by atoms with Gasteiger partial charge >= 0.3 is 0 Å². The first-order chi connectivity index (χ1) is 9.33. The van der Waals surface area contributed by atoms with Gasteiger partial charge in [0.25, 0.3) is 0 Å². The molecule has 1 fully saturated rings. The minimum atomic E-state index is 0.273. The lowest BCUT2D eigenvalue weighted by Crippen LogP contribution is -2.42. The Morgan fingerprint density at radius 3 is 2.89 bits per heavy atom. The molecule has 0 bridgehead atoms. The number of aromatic nitrogens is 4. The number of nitrogens with two attached hydrogens (primary N) is 1. The normalized spacial score (nSPS) is 20.6. The van der Waals surface area contributed by atoms with E-state index in [2.05, 4.69) is 20.4 Å².